The van der Waals surface area contributed by atoms with Gasteiger partial charge in [-0.2, -0.15) is 5.10 Å². The Kier molecular flexibility index (Phi) is 5.09. The van der Waals surface area contributed by atoms with E-state index in [2.05, 4.69) is 24.2 Å². The van der Waals surface area contributed by atoms with Crippen molar-refractivity contribution < 1.29 is 4.74 Å². The molecule has 0 radical (unpaired) electrons. The molecule has 2 atom stereocenters. The maximum Gasteiger partial charge on any atom is 0.118 e. The van der Waals surface area contributed by atoms with Gasteiger partial charge in [0.15, 0.2) is 0 Å². The first-order valence-electron chi connectivity index (χ1n) is 6.69. The van der Waals surface area contributed by atoms with Gasteiger partial charge in [0.2, 0.25) is 0 Å². The summed E-state index contributed by atoms with van der Waals surface area (Å²) in [7, 11) is 3.60. The summed E-state index contributed by atoms with van der Waals surface area (Å²) < 4.78 is 7.00. The van der Waals surface area contributed by atoms with Gasteiger partial charge in [0, 0.05) is 29.7 Å². The van der Waals surface area contributed by atoms with Gasteiger partial charge in [-0.05, 0) is 30.7 Å². The van der Waals surface area contributed by atoms with Crippen molar-refractivity contribution in [1.82, 2.24) is 9.78 Å². The Morgan fingerprint density at radius 3 is 2.55 bits per heavy atom. The van der Waals surface area contributed by atoms with Gasteiger partial charge in [-0.3, -0.25) is 4.68 Å². The molecule has 2 N–H and O–H groups in total. The first kappa shape index (κ1) is 14.9. The first-order chi connectivity index (χ1) is 9.63. The van der Waals surface area contributed by atoms with E-state index in [4.69, 9.17) is 10.5 Å². The van der Waals surface area contributed by atoms with Crippen molar-refractivity contribution in [2.75, 3.05) is 7.11 Å². The summed E-state index contributed by atoms with van der Waals surface area (Å²) >= 11 is 1.77. The molecule has 0 aliphatic carbocycles. The normalized spacial score (nSPS) is 14.0. The van der Waals surface area contributed by atoms with Gasteiger partial charge in [0.1, 0.15) is 5.75 Å². The Bertz CT molecular complexity index is 538. The number of hydrogen-bond acceptors (Lipinski definition) is 4. The molecule has 1 aromatic heterocycles. The molecular formula is C15H21N3OS. The van der Waals surface area contributed by atoms with Crippen LogP contribution in [0.2, 0.25) is 0 Å². The van der Waals surface area contributed by atoms with Crippen LogP contribution in [0, 0.1) is 0 Å². The molecular weight excluding hydrogens is 270 g/mol. The van der Waals surface area contributed by atoms with Gasteiger partial charge in [-0.15, -0.1) is 11.8 Å². The van der Waals surface area contributed by atoms with Crippen molar-refractivity contribution in [3.05, 3.63) is 42.2 Å². The Balaban J connectivity index is 2.18. The minimum atomic E-state index is 0.103. The summed E-state index contributed by atoms with van der Waals surface area (Å²) in [6, 6.07) is 8.18. The van der Waals surface area contributed by atoms with E-state index in [1.807, 2.05) is 36.3 Å². The number of nitrogens with zero attached hydrogens (tertiary/aromatic N) is 2. The number of nitrogens with two attached hydrogens (primary N) is 1. The minimum absolute atomic E-state index is 0.103. The molecule has 0 spiro atoms. The maximum atomic E-state index is 6.28. The lowest BCUT2D eigenvalue weighted by molar-refractivity contribution is 0.414. The Morgan fingerprint density at radius 1 is 1.35 bits per heavy atom. The molecule has 1 aromatic carbocycles. The third-order valence-corrected chi connectivity index (χ3v) is 4.66. The van der Waals surface area contributed by atoms with E-state index in [-0.39, 0.29) is 11.3 Å². The molecule has 0 amide bonds. The third kappa shape index (κ3) is 3.55. The number of thioether (sulfide) groups is 1. The van der Waals surface area contributed by atoms with Crippen LogP contribution in [-0.2, 0) is 7.05 Å². The van der Waals surface area contributed by atoms with Crippen molar-refractivity contribution in [1.29, 1.82) is 0 Å². The Morgan fingerprint density at radius 2 is 2.05 bits per heavy atom. The second-order valence-electron chi connectivity index (χ2n) is 4.73. The van der Waals surface area contributed by atoms with Crippen LogP contribution in [0.25, 0.3) is 0 Å². The van der Waals surface area contributed by atoms with Gasteiger partial charge in [-0.1, -0.05) is 6.92 Å². The zero-order valence-corrected chi connectivity index (χ0v) is 12.9. The van der Waals surface area contributed by atoms with Crippen molar-refractivity contribution in [3.63, 3.8) is 0 Å². The fourth-order valence-electron chi connectivity index (χ4n) is 2.00. The second kappa shape index (κ2) is 6.81. The van der Waals surface area contributed by atoms with Crippen LogP contribution in [-0.4, -0.2) is 22.9 Å². The highest BCUT2D eigenvalue weighted by Gasteiger charge is 2.21. The lowest BCUT2D eigenvalue weighted by Crippen LogP contribution is -2.25. The van der Waals surface area contributed by atoms with Gasteiger partial charge >= 0.3 is 0 Å². The van der Waals surface area contributed by atoms with E-state index in [0.29, 0.717) is 0 Å². The molecule has 0 aliphatic rings. The van der Waals surface area contributed by atoms with E-state index in [0.717, 1.165) is 12.2 Å². The number of hydrogen-bond donors (Lipinski definition) is 1. The lowest BCUT2D eigenvalue weighted by Gasteiger charge is -2.21. The highest BCUT2D eigenvalue weighted by atomic mass is 32.2. The number of rotatable bonds is 6. The molecule has 1 heterocycles. The van der Waals surface area contributed by atoms with Crippen molar-refractivity contribution in [3.8, 4) is 5.75 Å². The van der Waals surface area contributed by atoms with Crippen LogP contribution in [0.3, 0.4) is 0 Å². The Hall–Kier alpha value is -1.46. The van der Waals surface area contributed by atoms with E-state index in [1.54, 1.807) is 18.9 Å². The van der Waals surface area contributed by atoms with E-state index < -0.39 is 0 Å². The molecule has 5 heteroatoms. The summed E-state index contributed by atoms with van der Waals surface area (Å²) in [5.74, 6) is 0.868. The number of methoxy groups -OCH3 is 1. The first-order valence-corrected chi connectivity index (χ1v) is 7.56. The smallest absolute Gasteiger partial charge is 0.118 e. The van der Waals surface area contributed by atoms with E-state index >= 15 is 0 Å². The molecule has 2 aromatic rings. The summed E-state index contributed by atoms with van der Waals surface area (Å²) in [4.78, 5) is 1.18. The number of aryl methyl sites for hydroxylation is 1. The fourth-order valence-corrected chi connectivity index (χ4v) is 3.22. The fraction of sp³-hybridized carbons (Fsp3) is 0.400. The van der Waals surface area contributed by atoms with Gasteiger partial charge in [0.05, 0.1) is 18.6 Å². The van der Waals surface area contributed by atoms with Crippen molar-refractivity contribution in [2.45, 2.75) is 29.5 Å². The number of ether oxygens (including phenoxy) is 1. The number of aromatic nitrogens is 2. The molecule has 0 bridgehead atoms. The standard InChI is InChI=1S/C15H21N3OS/c1-4-14(16)15(11-9-17-18(2)10-11)20-13-7-5-12(19-3)6-8-13/h5-10,14-15H,4,16H2,1-3H3. The van der Waals surface area contributed by atoms with E-state index in [1.165, 1.54) is 10.5 Å². The lowest BCUT2D eigenvalue weighted by atomic mass is 10.1. The molecule has 108 valence electrons. The summed E-state index contributed by atoms with van der Waals surface area (Å²) in [5.41, 5.74) is 7.45. The molecule has 2 rings (SSSR count). The summed E-state index contributed by atoms with van der Waals surface area (Å²) in [6.07, 6.45) is 4.87. The molecule has 0 saturated heterocycles. The van der Waals surface area contributed by atoms with Crippen LogP contribution in [0.1, 0.15) is 24.2 Å². The van der Waals surface area contributed by atoms with Crippen LogP contribution in [0.4, 0.5) is 0 Å². The molecule has 20 heavy (non-hydrogen) atoms. The summed E-state index contributed by atoms with van der Waals surface area (Å²) in [5, 5.41) is 4.46. The zero-order valence-electron chi connectivity index (χ0n) is 12.1. The van der Waals surface area contributed by atoms with Crippen LogP contribution >= 0.6 is 11.8 Å². The largest absolute Gasteiger partial charge is 0.497 e. The van der Waals surface area contributed by atoms with Crippen LogP contribution in [0.5, 0.6) is 5.75 Å². The monoisotopic (exact) mass is 291 g/mol. The topological polar surface area (TPSA) is 53.1 Å². The van der Waals surface area contributed by atoms with Gasteiger partial charge < -0.3 is 10.5 Å². The zero-order chi connectivity index (χ0) is 14.5. The van der Waals surface area contributed by atoms with Gasteiger partial charge in [0.25, 0.3) is 0 Å². The summed E-state index contributed by atoms with van der Waals surface area (Å²) in [6.45, 7) is 2.11. The SMILES string of the molecule is CCC(N)C(Sc1ccc(OC)cc1)c1cnn(C)c1. The van der Waals surface area contributed by atoms with Crippen LogP contribution in [0.15, 0.2) is 41.6 Å². The molecule has 0 fully saturated rings. The molecule has 4 nitrogen and oxygen atoms in total. The van der Waals surface area contributed by atoms with Crippen LogP contribution < -0.4 is 10.5 Å². The van der Waals surface area contributed by atoms with Gasteiger partial charge in [-0.25, -0.2) is 0 Å². The highest BCUT2D eigenvalue weighted by molar-refractivity contribution is 7.99. The molecule has 2 unspecified atom stereocenters. The van der Waals surface area contributed by atoms with Crippen molar-refractivity contribution in [2.24, 2.45) is 12.8 Å². The predicted octanol–water partition coefficient (Wildman–Crippen LogP) is 3.00. The molecule has 0 saturated carbocycles. The second-order valence-corrected chi connectivity index (χ2v) is 5.95. The maximum absolute atomic E-state index is 6.28. The predicted molar refractivity (Wildman–Crippen MR) is 83.1 cm³/mol. The molecule has 0 aliphatic heterocycles. The average Bonchev–Trinajstić information content (AvgIpc) is 2.91. The minimum Gasteiger partial charge on any atom is -0.497 e. The Labute approximate surface area is 124 Å². The third-order valence-electron chi connectivity index (χ3n) is 3.24. The highest BCUT2D eigenvalue weighted by Crippen LogP contribution is 2.38. The van der Waals surface area contributed by atoms with E-state index in [9.17, 15) is 0 Å². The van der Waals surface area contributed by atoms with Crippen molar-refractivity contribution >= 4 is 11.8 Å². The number of benzene rings is 1. The quantitative estimate of drug-likeness (QED) is 0.831. The average molecular weight is 291 g/mol.